The molecule has 0 aromatic rings. The molecule has 0 saturated carbocycles. The first-order valence-corrected chi connectivity index (χ1v) is 4.79. The van der Waals surface area contributed by atoms with Gasteiger partial charge in [-0.1, -0.05) is 27.7 Å². The van der Waals surface area contributed by atoms with E-state index in [9.17, 15) is 4.79 Å². The van der Waals surface area contributed by atoms with Crippen molar-refractivity contribution in [2.45, 2.75) is 34.1 Å². The van der Waals surface area contributed by atoms with Crippen LogP contribution in [-0.2, 0) is 9.53 Å². The Morgan fingerprint density at radius 3 is 2.54 bits per heavy atom. The summed E-state index contributed by atoms with van der Waals surface area (Å²) < 4.78 is 5.51. The molecule has 2 heteroatoms. The predicted octanol–water partition coefficient (Wildman–Crippen LogP) is 2.54. The number of hydrogen-bond donors (Lipinski definition) is 0. The second kappa shape index (κ2) is 3.52. The smallest absolute Gasteiger partial charge is 0.165 e. The van der Waals surface area contributed by atoms with Gasteiger partial charge in [-0.05, 0) is 5.92 Å². The van der Waals surface area contributed by atoms with E-state index >= 15 is 0 Å². The van der Waals surface area contributed by atoms with Crippen LogP contribution in [0, 0.1) is 11.3 Å². The zero-order valence-electron chi connectivity index (χ0n) is 8.89. The van der Waals surface area contributed by atoms with Crippen LogP contribution in [-0.4, -0.2) is 12.4 Å². The van der Waals surface area contributed by atoms with E-state index < -0.39 is 0 Å². The monoisotopic (exact) mass is 182 g/mol. The Bertz CT molecular complexity index is 236. The van der Waals surface area contributed by atoms with Crippen molar-refractivity contribution >= 4 is 5.78 Å². The summed E-state index contributed by atoms with van der Waals surface area (Å²) in [5, 5.41) is 0. The molecule has 0 saturated heterocycles. The highest BCUT2D eigenvalue weighted by atomic mass is 16.5. The van der Waals surface area contributed by atoms with Gasteiger partial charge >= 0.3 is 0 Å². The second-order valence-corrected chi connectivity index (χ2v) is 4.74. The summed E-state index contributed by atoms with van der Waals surface area (Å²) in [6, 6.07) is 0. The number of ether oxygens (including phenoxy) is 1. The van der Waals surface area contributed by atoms with Crippen molar-refractivity contribution in [1.29, 1.82) is 0 Å². The van der Waals surface area contributed by atoms with Crippen molar-refractivity contribution in [3.05, 3.63) is 11.8 Å². The Balaban J connectivity index is 2.47. The van der Waals surface area contributed by atoms with Crippen molar-refractivity contribution in [2.75, 3.05) is 6.61 Å². The molecule has 0 amide bonds. The lowest BCUT2D eigenvalue weighted by atomic mass is 9.90. The Morgan fingerprint density at radius 1 is 1.54 bits per heavy atom. The minimum absolute atomic E-state index is 0.186. The van der Waals surface area contributed by atoms with Gasteiger partial charge in [0.25, 0.3) is 0 Å². The summed E-state index contributed by atoms with van der Waals surface area (Å²) in [5.41, 5.74) is -0.244. The van der Waals surface area contributed by atoms with E-state index in [1.807, 2.05) is 13.8 Å². The van der Waals surface area contributed by atoms with Gasteiger partial charge < -0.3 is 4.74 Å². The van der Waals surface area contributed by atoms with Crippen LogP contribution in [0.4, 0.5) is 0 Å². The molecule has 1 rings (SSSR count). The van der Waals surface area contributed by atoms with Crippen molar-refractivity contribution in [3.63, 3.8) is 0 Å². The molecular weight excluding hydrogens is 164 g/mol. The third kappa shape index (κ3) is 2.58. The van der Waals surface area contributed by atoms with Crippen LogP contribution in [0.2, 0.25) is 0 Å². The summed E-state index contributed by atoms with van der Waals surface area (Å²) in [6.45, 7) is 8.81. The van der Waals surface area contributed by atoms with Gasteiger partial charge in [-0.2, -0.15) is 0 Å². The first kappa shape index (κ1) is 10.3. The molecule has 0 aliphatic heterocycles. The Kier molecular flexibility index (Phi) is 2.79. The van der Waals surface area contributed by atoms with Gasteiger partial charge in [-0.15, -0.1) is 0 Å². The van der Waals surface area contributed by atoms with E-state index in [0.717, 1.165) is 12.2 Å². The zero-order valence-corrected chi connectivity index (χ0v) is 8.89. The minimum Gasteiger partial charge on any atom is -0.498 e. The molecule has 0 heterocycles. The highest BCUT2D eigenvalue weighted by Gasteiger charge is 2.34. The molecule has 74 valence electrons. The molecule has 1 aliphatic rings. The molecular formula is C11H18O2. The number of allylic oxidation sites excluding steroid dienone is 2. The van der Waals surface area contributed by atoms with E-state index in [-0.39, 0.29) is 11.2 Å². The van der Waals surface area contributed by atoms with Crippen LogP contribution >= 0.6 is 0 Å². The van der Waals surface area contributed by atoms with Crippen LogP contribution < -0.4 is 0 Å². The van der Waals surface area contributed by atoms with Crippen LogP contribution in [0.25, 0.3) is 0 Å². The first-order valence-electron chi connectivity index (χ1n) is 4.79. The van der Waals surface area contributed by atoms with E-state index in [1.165, 1.54) is 0 Å². The van der Waals surface area contributed by atoms with Gasteiger partial charge in [-0.25, -0.2) is 0 Å². The van der Waals surface area contributed by atoms with Gasteiger partial charge in [0.2, 0.25) is 0 Å². The summed E-state index contributed by atoms with van der Waals surface area (Å²) >= 11 is 0. The number of carbonyl (C=O) groups excluding carboxylic acids is 1. The molecule has 13 heavy (non-hydrogen) atoms. The van der Waals surface area contributed by atoms with Gasteiger partial charge in [0.15, 0.2) is 5.78 Å². The lowest BCUT2D eigenvalue weighted by Gasteiger charge is -2.15. The van der Waals surface area contributed by atoms with Gasteiger partial charge in [0.05, 0.1) is 6.61 Å². The molecule has 0 unspecified atom stereocenters. The first-order chi connectivity index (χ1) is 5.92. The maximum atomic E-state index is 11.4. The summed E-state index contributed by atoms with van der Waals surface area (Å²) in [5.74, 6) is 1.55. The van der Waals surface area contributed by atoms with Gasteiger partial charge in [0, 0.05) is 17.9 Å². The van der Waals surface area contributed by atoms with E-state index in [1.54, 1.807) is 6.08 Å². The van der Waals surface area contributed by atoms with Gasteiger partial charge in [-0.3, -0.25) is 4.79 Å². The van der Waals surface area contributed by atoms with Crippen LogP contribution in [0.15, 0.2) is 11.8 Å². The van der Waals surface area contributed by atoms with E-state index in [0.29, 0.717) is 12.5 Å². The summed E-state index contributed by atoms with van der Waals surface area (Å²) in [6.07, 6.45) is 2.39. The number of rotatable bonds is 3. The van der Waals surface area contributed by atoms with Crippen LogP contribution in [0.5, 0.6) is 0 Å². The Hall–Kier alpha value is -0.790. The maximum Gasteiger partial charge on any atom is 0.165 e. The van der Waals surface area contributed by atoms with Crippen molar-refractivity contribution in [3.8, 4) is 0 Å². The quantitative estimate of drug-likeness (QED) is 0.670. The fourth-order valence-electron chi connectivity index (χ4n) is 1.28. The molecule has 0 aromatic carbocycles. The number of carbonyl (C=O) groups is 1. The fraction of sp³-hybridized carbons (Fsp3) is 0.727. The lowest BCUT2D eigenvalue weighted by molar-refractivity contribution is -0.121. The summed E-state index contributed by atoms with van der Waals surface area (Å²) in [4.78, 5) is 11.4. The summed E-state index contributed by atoms with van der Waals surface area (Å²) in [7, 11) is 0. The minimum atomic E-state index is -0.244. The SMILES string of the molecule is CC(C)COC1=CC(=O)C(C)(C)C1. The second-order valence-electron chi connectivity index (χ2n) is 4.74. The fourth-order valence-corrected chi connectivity index (χ4v) is 1.28. The Morgan fingerprint density at radius 2 is 2.15 bits per heavy atom. The molecule has 0 bridgehead atoms. The van der Waals surface area contributed by atoms with Crippen LogP contribution in [0.1, 0.15) is 34.1 Å². The number of hydrogen-bond acceptors (Lipinski definition) is 2. The molecule has 0 fully saturated rings. The van der Waals surface area contributed by atoms with Gasteiger partial charge in [0.1, 0.15) is 5.76 Å². The molecule has 0 atom stereocenters. The Labute approximate surface area is 80.0 Å². The molecule has 0 radical (unpaired) electrons. The molecule has 1 aliphatic carbocycles. The normalized spacial score (nSPS) is 20.7. The zero-order chi connectivity index (χ0) is 10.1. The maximum absolute atomic E-state index is 11.4. The van der Waals surface area contributed by atoms with Crippen molar-refractivity contribution < 1.29 is 9.53 Å². The number of ketones is 1. The molecule has 0 N–H and O–H groups in total. The van der Waals surface area contributed by atoms with Crippen molar-refractivity contribution in [2.24, 2.45) is 11.3 Å². The van der Waals surface area contributed by atoms with Crippen molar-refractivity contribution in [1.82, 2.24) is 0 Å². The molecule has 2 nitrogen and oxygen atoms in total. The highest BCUT2D eigenvalue weighted by molar-refractivity contribution is 5.97. The standard InChI is InChI=1S/C11H18O2/c1-8(2)7-13-9-5-10(12)11(3,4)6-9/h5,8H,6-7H2,1-4H3. The lowest BCUT2D eigenvalue weighted by Crippen LogP contribution is -2.17. The van der Waals surface area contributed by atoms with Crippen LogP contribution in [0.3, 0.4) is 0 Å². The average Bonchev–Trinajstić information content (AvgIpc) is 2.22. The highest BCUT2D eigenvalue weighted by Crippen LogP contribution is 2.33. The third-order valence-electron chi connectivity index (χ3n) is 2.18. The average molecular weight is 182 g/mol. The third-order valence-corrected chi connectivity index (χ3v) is 2.18. The van der Waals surface area contributed by atoms with E-state index in [4.69, 9.17) is 4.74 Å². The molecule has 0 aromatic heterocycles. The predicted molar refractivity (Wildman–Crippen MR) is 52.3 cm³/mol. The largest absolute Gasteiger partial charge is 0.498 e. The topological polar surface area (TPSA) is 26.3 Å². The molecule has 0 spiro atoms. The van der Waals surface area contributed by atoms with E-state index in [2.05, 4.69) is 13.8 Å².